The summed E-state index contributed by atoms with van der Waals surface area (Å²) in [6.45, 7) is 0. The van der Waals surface area contributed by atoms with Crippen molar-refractivity contribution in [1.29, 1.82) is 0 Å². The van der Waals surface area contributed by atoms with Crippen molar-refractivity contribution in [3.63, 3.8) is 0 Å². The molecule has 1 aliphatic rings. The van der Waals surface area contributed by atoms with E-state index in [4.69, 9.17) is 0 Å². The average Bonchev–Trinajstić information content (AvgIpc) is 3.05. The summed E-state index contributed by atoms with van der Waals surface area (Å²) in [5.74, 6) is -0.409. The van der Waals surface area contributed by atoms with Gasteiger partial charge in [-0.05, 0) is 37.1 Å². The molecule has 10 heteroatoms. The molecule has 0 saturated heterocycles. The number of ether oxygens (including phenoxy) is 1. The molecule has 0 radical (unpaired) electrons. The van der Waals surface area contributed by atoms with E-state index in [0.29, 0.717) is 20.7 Å². The Morgan fingerprint density at radius 2 is 1.93 bits per heavy atom. The van der Waals surface area contributed by atoms with Crippen LogP contribution in [0.3, 0.4) is 0 Å². The fourth-order valence-electron chi connectivity index (χ4n) is 2.33. The van der Waals surface area contributed by atoms with Crippen LogP contribution in [0.4, 0.5) is 10.8 Å². The number of nitrogens with one attached hydrogen (secondary N) is 2. The Labute approximate surface area is 164 Å². The first kappa shape index (κ1) is 19.3. The van der Waals surface area contributed by atoms with Crippen LogP contribution in [-0.4, -0.2) is 40.8 Å². The van der Waals surface area contributed by atoms with E-state index in [-0.39, 0.29) is 23.5 Å². The molecule has 1 aromatic heterocycles. The predicted octanol–water partition coefficient (Wildman–Crippen LogP) is 2.79. The van der Waals surface area contributed by atoms with Crippen LogP contribution in [0, 0.1) is 5.92 Å². The lowest BCUT2D eigenvalue weighted by Crippen LogP contribution is -2.27. The first-order chi connectivity index (χ1) is 13.0. The van der Waals surface area contributed by atoms with Crippen molar-refractivity contribution in [3.05, 3.63) is 29.8 Å². The van der Waals surface area contributed by atoms with Crippen LogP contribution in [0.1, 0.15) is 29.6 Å². The largest absolute Gasteiger partial charge is 0.465 e. The third-order valence-electron chi connectivity index (χ3n) is 4.03. The van der Waals surface area contributed by atoms with Gasteiger partial charge in [-0.2, -0.15) is 0 Å². The zero-order valence-corrected chi connectivity index (χ0v) is 16.2. The number of thioether (sulfide) groups is 1. The van der Waals surface area contributed by atoms with Crippen molar-refractivity contribution in [1.82, 2.24) is 10.2 Å². The van der Waals surface area contributed by atoms with Gasteiger partial charge in [0, 0.05) is 11.6 Å². The summed E-state index contributed by atoms with van der Waals surface area (Å²) in [6.07, 6.45) is 2.94. The Morgan fingerprint density at radius 3 is 2.56 bits per heavy atom. The van der Waals surface area contributed by atoms with Gasteiger partial charge in [-0.15, -0.1) is 10.2 Å². The molecule has 0 bridgehead atoms. The van der Waals surface area contributed by atoms with Crippen LogP contribution >= 0.6 is 23.1 Å². The smallest absolute Gasteiger partial charge is 0.337 e. The van der Waals surface area contributed by atoms with Crippen LogP contribution in [0.2, 0.25) is 0 Å². The first-order valence-corrected chi connectivity index (χ1v) is 10.1. The highest BCUT2D eigenvalue weighted by Gasteiger charge is 2.26. The molecular weight excluding hydrogens is 388 g/mol. The van der Waals surface area contributed by atoms with Crippen LogP contribution < -0.4 is 10.6 Å². The lowest BCUT2D eigenvalue weighted by molar-refractivity contribution is -0.122. The molecule has 0 aliphatic heterocycles. The second-order valence-electron chi connectivity index (χ2n) is 5.90. The lowest BCUT2D eigenvalue weighted by Gasteiger charge is -2.23. The number of carbonyl (C=O) groups is 3. The van der Waals surface area contributed by atoms with Gasteiger partial charge in [-0.1, -0.05) is 29.5 Å². The number of hydrogen-bond acceptors (Lipinski definition) is 8. The van der Waals surface area contributed by atoms with Gasteiger partial charge < -0.3 is 15.4 Å². The Bertz CT molecular complexity index is 834. The molecule has 3 rings (SSSR count). The van der Waals surface area contributed by atoms with Crippen LogP contribution in [0.25, 0.3) is 0 Å². The summed E-state index contributed by atoms with van der Waals surface area (Å²) in [5.41, 5.74) is 0.995. The minimum atomic E-state index is -0.431. The topological polar surface area (TPSA) is 110 Å². The number of methoxy groups -OCH3 is 1. The molecule has 2 N–H and O–H groups in total. The molecule has 0 unspecified atom stereocenters. The molecule has 8 nitrogen and oxygen atoms in total. The number of hydrogen-bond donors (Lipinski definition) is 2. The highest BCUT2D eigenvalue weighted by Crippen LogP contribution is 2.30. The molecule has 1 aliphatic carbocycles. The summed E-state index contributed by atoms with van der Waals surface area (Å²) in [5, 5.41) is 13.9. The number of rotatable bonds is 7. The maximum absolute atomic E-state index is 12.0. The maximum atomic E-state index is 12.0. The maximum Gasteiger partial charge on any atom is 0.337 e. The van der Waals surface area contributed by atoms with Gasteiger partial charge in [0.2, 0.25) is 16.9 Å². The van der Waals surface area contributed by atoms with Crippen LogP contribution in [-0.2, 0) is 14.3 Å². The van der Waals surface area contributed by atoms with E-state index in [0.717, 1.165) is 19.3 Å². The van der Waals surface area contributed by atoms with E-state index in [2.05, 4.69) is 25.6 Å². The van der Waals surface area contributed by atoms with E-state index in [1.54, 1.807) is 24.3 Å². The van der Waals surface area contributed by atoms with Crippen molar-refractivity contribution in [3.8, 4) is 0 Å². The summed E-state index contributed by atoms with van der Waals surface area (Å²) >= 11 is 2.49. The number of anilines is 2. The summed E-state index contributed by atoms with van der Waals surface area (Å²) in [4.78, 5) is 35.3. The van der Waals surface area contributed by atoms with E-state index >= 15 is 0 Å². The normalized spacial score (nSPS) is 13.5. The molecule has 2 aromatic rings. The van der Waals surface area contributed by atoms with Crippen molar-refractivity contribution in [2.24, 2.45) is 5.92 Å². The highest BCUT2D eigenvalue weighted by atomic mass is 32.2. The second kappa shape index (κ2) is 8.96. The number of amides is 2. The fraction of sp³-hybridized carbons (Fsp3) is 0.353. The molecule has 1 fully saturated rings. The molecule has 0 atom stereocenters. The van der Waals surface area contributed by atoms with Gasteiger partial charge in [0.25, 0.3) is 0 Å². The zero-order chi connectivity index (χ0) is 19.2. The number of carbonyl (C=O) groups excluding carboxylic acids is 3. The number of nitrogens with zero attached hydrogens (tertiary/aromatic N) is 2. The standard InChI is InChI=1S/C17H18N4O4S2/c1-25-15(24)11-5-7-12(8-6-11)18-13(22)9-26-17-21-20-16(27-17)19-14(23)10-3-2-4-10/h5-8,10H,2-4,9H2,1H3,(H,18,22)(H,19,20,23). The van der Waals surface area contributed by atoms with Gasteiger partial charge in [0.15, 0.2) is 4.34 Å². The SMILES string of the molecule is COC(=O)c1ccc(NC(=O)CSc2nnc(NC(=O)C3CCC3)s2)cc1. The first-order valence-electron chi connectivity index (χ1n) is 8.30. The van der Waals surface area contributed by atoms with Gasteiger partial charge in [0.1, 0.15) is 0 Å². The van der Waals surface area contributed by atoms with Gasteiger partial charge >= 0.3 is 5.97 Å². The van der Waals surface area contributed by atoms with Crippen molar-refractivity contribution in [2.75, 3.05) is 23.5 Å². The zero-order valence-electron chi connectivity index (χ0n) is 14.6. The third kappa shape index (κ3) is 5.27. The molecule has 1 heterocycles. The molecule has 1 aromatic carbocycles. The minimum Gasteiger partial charge on any atom is -0.465 e. The molecule has 2 amide bonds. The van der Waals surface area contributed by atoms with E-state index in [1.807, 2.05) is 0 Å². The Kier molecular flexibility index (Phi) is 6.40. The fourth-order valence-corrected chi connectivity index (χ4v) is 3.88. The Hall–Kier alpha value is -2.46. The predicted molar refractivity (Wildman–Crippen MR) is 103 cm³/mol. The number of esters is 1. The molecule has 0 spiro atoms. The molecule has 142 valence electrons. The monoisotopic (exact) mass is 406 g/mol. The highest BCUT2D eigenvalue weighted by molar-refractivity contribution is 8.01. The quantitative estimate of drug-likeness (QED) is 0.413. The molecule has 27 heavy (non-hydrogen) atoms. The number of aromatic nitrogens is 2. The van der Waals surface area contributed by atoms with Crippen LogP contribution in [0.5, 0.6) is 0 Å². The Morgan fingerprint density at radius 1 is 1.19 bits per heavy atom. The van der Waals surface area contributed by atoms with E-state index in [9.17, 15) is 14.4 Å². The summed E-state index contributed by atoms with van der Waals surface area (Å²) in [6, 6.07) is 6.43. The molecular formula is C17H18N4O4S2. The van der Waals surface area contributed by atoms with Crippen molar-refractivity contribution < 1.29 is 19.1 Å². The van der Waals surface area contributed by atoms with Gasteiger partial charge in [0.05, 0.1) is 18.4 Å². The summed E-state index contributed by atoms with van der Waals surface area (Å²) in [7, 11) is 1.31. The van der Waals surface area contributed by atoms with Crippen molar-refractivity contribution in [2.45, 2.75) is 23.6 Å². The van der Waals surface area contributed by atoms with Gasteiger partial charge in [-0.3, -0.25) is 9.59 Å². The minimum absolute atomic E-state index is 0.0119. The average molecular weight is 406 g/mol. The van der Waals surface area contributed by atoms with Gasteiger partial charge in [-0.25, -0.2) is 4.79 Å². The number of benzene rings is 1. The van der Waals surface area contributed by atoms with E-state index < -0.39 is 5.97 Å². The summed E-state index contributed by atoms with van der Waals surface area (Å²) < 4.78 is 5.23. The third-order valence-corrected chi connectivity index (χ3v) is 6.00. The van der Waals surface area contributed by atoms with Crippen molar-refractivity contribution >= 4 is 51.7 Å². The second-order valence-corrected chi connectivity index (χ2v) is 8.10. The van der Waals surface area contributed by atoms with Crippen LogP contribution in [0.15, 0.2) is 28.6 Å². The molecule has 1 saturated carbocycles. The van der Waals surface area contributed by atoms with E-state index in [1.165, 1.54) is 30.2 Å². The Balaban J connectivity index is 1.45. The lowest BCUT2D eigenvalue weighted by atomic mass is 9.85.